The number of carbonyl (C=O) groups excluding carboxylic acids is 1. The molecule has 1 heterocycles. The average molecular weight is 475 g/mol. The summed E-state index contributed by atoms with van der Waals surface area (Å²) in [5.74, 6) is 0.670. The zero-order chi connectivity index (χ0) is 22.3. The molecule has 1 amide bonds. The van der Waals surface area contributed by atoms with Gasteiger partial charge < -0.3 is 5.32 Å². The number of carbonyl (C=O) groups is 1. The highest BCUT2D eigenvalue weighted by atomic mass is 32.2. The van der Waals surface area contributed by atoms with Crippen molar-refractivity contribution in [1.29, 1.82) is 5.26 Å². The number of hydrogen-bond acceptors (Lipinski definition) is 6. The third kappa shape index (κ3) is 5.51. The molecule has 0 bridgehead atoms. The Hall–Kier alpha value is -3.25. The van der Waals surface area contributed by atoms with Crippen molar-refractivity contribution in [3.63, 3.8) is 0 Å². The molecule has 4 aromatic rings. The molecule has 32 heavy (non-hydrogen) atoms. The van der Waals surface area contributed by atoms with Crippen molar-refractivity contribution in [2.24, 2.45) is 0 Å². The standard InChI is InChI=1S/C24H18N4OS3/c25-14-17-6-8-18(9-7-17)15-26-22(29)20-10-12-21(13-11-20)28-24(30)32-23(27-28)31-16-19-4-2-1-3-5-19/h1-13H,15-16H2,(H,26,29). The molecule has 1 N–H and O–H groups in total. The molecule has 0 spiro atoms. The third-order valence-electron chi connectivity index (χ3n) is 4.64. The van der Waals surface area contributed by atoms with Gasteiger partial charge in [-0.05, 0) is 59.7 Å². The first-order valence-corrected chi connectivity index (χ1v) is 12.0. The zero-order valence-corrected chi connectivity index (χ0v) is 19.3. The second-order valence-corrected chi connectivity index (χ2v) is 9.70. The van der Waals surface area contributed by atoms with Crippen LogP contribution in [0.5, 0.6) is 0 Å². The number of nitrogens with zero attached hydrogens (tertiary/aromatic N) is 3. The molecule has 0 radical (unpaired) electrons. The molecule has 3 aromatic carbocycles. The van der Waals surface area contributed by atoms with Gasteiger partial charge in [0.1, 0.15) is 0 Å². The molecule has 1 aromatic heterocycles. The molecular formula is C24H18N4OS3. The molecule has 4 rings (SSSR count). The maximum absolute atomic E-state index is 12.5. The molecule has 0 unspecified atom stereocenters. The van der Waals surface area contributed by atoms with Crippen LogP contribution in [0.3, 0.4) is 0 Å². The Balaban J connectivity index is 1.38. The summed E-state index contributed by atoms with van der Waals surface area (Å²) in [6, 6.07) is 26.7. The fourth-order valence-electron chi connectivity index (χ4n) is 2.94. The summed E-state index contributed by atoms with van der Waals surface area (Å²) in [6.07, 6.45) is 0. The van der Waals surface area contributed by atoms with Crippen LogP contribution in [0.2, 0.25) is 0 Å². The van der Waals surface area contributed by atoms with Crippen LogP contribution < -0.4 is 5.32 Å². The van der Waals surface area contributed by atoms with E-state index in [0.29, 0.717) is 21.6 Å². The van der Waals surface area contributed by atoms with Crippen molar-refractivity contribution in [1.82, 2.24) is 15.1 Å². The SMILES string of the molecule is N#Cc1ccc(CNC(=O)c2ccc(-n3nc(SCc4ccccc4)sc3=S)cc2)cc1. The van der Waals surface area contributed by atoms with Gasteiger partial charge in [-0.25, -0.2) is 4.68 Å². The molecule has 0 atom stereocenters. The molecule has 0 fully saturated rings. The van der Waals surface area contributed by atoms with E-state index in [0.717, 1.165) is 21.3 Å². The van der Waals surface area contributed by atoms with Gasteiger partial charge in [-0.15, -0.1) is 5.10 Å². The maximum atomic E-state index is 12.5. The minimum Gasteiger partial charge on any atom is -0.348 e. The summed E-state index contributed by atoms with van der Waals surface area (Å²) in [7, 11) is 0. The molecule has 0 aliphatic carbocycles. The van der Waals surface area contributed by atoms with Gasteiger partial charge in [0.05, 0.1) is 17.3 Å². The smallest absolute Gasteiger partial charge is 0.251 e. The fraction of sp³-hybridized carbons (Fsp3) is 0.0833. The lowest BCUT2D eigenvalue weighted by Gasteiger charge is -2.07. The summed E-state index contributed by atoms with van der Waals surface area (Å²) in [5, 5.41) is 16.4. The highest BCUT2D eigenvalue weighted by Crippen LogP contribution is 2.27. The highest BCUT2D eigenvalue weighted by Gasteiger charge is 2.09. The Morgan fingerprint density at radius 3 is 2.44 bits per heavy atom. The summed E-state index contributed by atoms with van der Waals surface area (Å²) in [6.45, 7) is 0.394. The van der Waals surface area contributed by atoms with Crippen molar-refractivity contribution < 1.29 is 4.79 Å². The predicted octanol–water partition coefficient (Wildman–Crippen LogP) is 5.76. The Kier molecular flexibility index (Phi) is 7.12. The van der Waals surface area contributed by atoms with Gasteiger partial charge in [-0.2, -0.15) is 5.26 Å². The lowest BCUT2D eigenvalue weighted by atomic mass is 10.1. The number of thioether (sulfide) groups is 1. The second-order valence-electron chi connectivity index (χ2n) is 6.86. The van der Waals surface area contributed by atoms with Crippen LogP contribution in [0.25, 0.3) is 5.69 Å². The van der Waals surface area contributed by atoms with E-state index in [-0.39, 0.29) is 5.91 Å². The van der Waals surface area contributed by atoms with Gasteiger partial charge in [0, 0.05) is 17.9 Å². The van der Waals surface area contributed by atoms with Gasteiger partial charge >= 0.3 is 0 Å². The summed E-state index contributed by atoms with van der Waals surface area (Å²) in [4.78, 5) is 12.5. The number of nitrogens with one attached hydrogen (secondary N) is 1. The van der Waals surface area contributed by atoms with Crippen LogP contribution in [-0.2, 0) is 12.3 Å². The Labute approximate surface area is 199 Å². The lowest BCUT2D eigenvalue weighted by Crippen LogP contribution is -2.22. The Morgan fingerprint density at radius 2 is 1.75 bits per heavy atom. The van der Waals surface area contributed by atoms with Crippen LogP contribution in [-0.4, -0.2) is 15.7 Å². The van der Waals surface area contributed by atoms with E-state index in [2.05, 4.69) is 28.6 Å². The normalized spacial score (nSPS) is 10.5. The molecule has 158 valence electrons. The monoisotopic (exact) mass is 474 g/mol. The van der Waals surface area contributed by atoms with Gasteiger partial charge in [-0.3, -0.25) is 4.79 Å². The van der Waals surface area contributed by atoms with Gasteiger partial charge in [0.2, 0.25) is 0 Å². The van der Waals surface area contributed by atoms with Crippen molar-refractivity contribution in [2.45, 2.75) is 16.6 Å². The number of hydrogen-bond donors (Lipinski definition) is 1. The van der Waals surface area contributed by atoms with Crippen LogP contribution in [0.1, 0.15) is 27.0 Å². The Bertz CT molecular complexity index is 1300. The quantitative estimate of drug-likeness (QED) is 0.272. The number of benzene rings is 3. The van der Waals surface area contributed by atoms with Crippen molar-refractivity contribution >= 4 is 41.2 Å². The topological polar surface area (TPSA) is 70.7 Å². The zero-order valence-electron chi connectivity index (χ0n) is 16.9. The molecule has 5 nitrogen and oxygen atoms in total. The molecule has 8 heteroatoms. The van der Waals surface area contributed by atoms with E-state index in [1.807, 2.05) is 42.5 Å². The average Bonchev–Trinajstić information content (AvgIpc) is 3.22. The molecular weight excluding hydrogens is 456 g/mol. The summed E-state index contributed by atoms with van der Waals surface area (Å²) < 4.78 is 3.30. The highest BCUT2D eigenvalue weighted by molar-refractivity contribution is 8.00. The minimum atomic E-state index is -0.165. The number of nitriles is 1. The van der Waals surface area contributed by atoms with E-state index in [1.165, 1.54) is 16.9 Å². The first kappa shape index (κ1) is 22.0. The number of rotatable bonds is 7. The Morgan fingerprint density at radius 1 is 1.03 bits per heavy atom. The van der Waals surface area contributed by atoms with Crippen molar-refractivity contribution in [3.05, 3.63) is 105 Å². The first-order valence-electron chi connectivity index (χ1n) is 9.77. The van der Waals surface area contributed by atoms with E-state index in [1.54, 1.807) is 40.7 Å². The number of aromatic nitrogens is 2. The third-order valence-corrected chi connectivity index (χ3v) is 7.08. The van der Waals surface area contributed by atoms with Crippen LogP contribution in [0.4, 0.5) is 0 Å². The van der Waals surface area contributed by atoms with Crippen LogP contribution >= 0.6 is 35.3 Å². The van der Waals surface area contributed by atoms with E-state index in [9.17, 15) is 4.79 Å². The van der Waals surface area contributed by atoms with Crippen molar-refractivity contribution in [2.75, 3.05) is 0 Å². The summed E-state index contributed by atoms with van der Waals surface area (Å²) in [5.41, 5.74) is 4.15. The van der Waals surface area contributed by atoms with Gasteiger partial charge in [0.15, 0.2) is 8.29 Å². The van der Waals surface area contributed by atoms with Crippen LogP contribution in [0, 0.1) is 15.3 Å². The number of amides is 1. The van der Waals surface area contributed by atoms with E-state index < -0.39 is 0 Å². The lowest BCUT2D eigenvalue weighted by molar-refractivity contribution is 0.0951. The summed E-state index contributed by atoms with van der Waals surface area (Å²) >= 11 is 8.62. The predicted molar refractivity (Wildman–Crippen MR) is 131 cm³/mol. The van der Waals surface area contributed by atoms with Crippen LogP contribution in [0.15, 0.2) is 83.2 Å². The minimum absolute atomic E-state index is 0.165. The van der Waals surface area contributed by atoms with E-state index in [4.69, 9.17) is 17.5 Å². The van der Waals surface area contributed by atoms with Gasteiger partial charge in [-0.1, -0.05) is 65.6 Å². The van der Waals surface area contributed by atoms with Gasteiger partial charge in [0.25, 0.3) is 5.91 Å². The van der Waals surface area contributed by atoms with E-state index >= 15 is 0 Å². The fourth-order valence-corrected chi connectivity index (χ4v) is 5.25. The molecule has 0 saturated heterocycles. The molecule has 0 aliphatic rings. The first-order chi connectivity index (χ1) is 15.6. The second kappa shape index (κ2) is 10.4. The molecule has 0 aliphatic heterocycles. The molecule has 0 saturated carbocycles. The van der Waals surface area contributed by atoms with Crippen molar-refractivity contribution in [3.8, 4) is 11.8 Å². The maximum Gasteiger partial charge on any atom is 0.251 e. The largest absolute Gasteiger partial charge is 0.348 e.